The van der Waals surface area contributed by atoms with Gasteiger partial charge in [0.15, 0.2) is 0 Å². The third-order valence-corrected chi connectivity index (χ3v) is 2.17. The number of hydrogen-bond acceptors (Lipinski definition) is 1. The molecule has 0 atom stereocenters. The summed E-state index contributed by atoms with van der Waals surface area (Å²) in [6.07, 6.45) is 0. The number of benzene rings is 5. The van der Waals surface area contributed by atoms with Crippen LogP contribution in [-0.2, 0) is 4.79 Å². The van der Waals surface area contributed by atoms with Crippen LogP contribution < -0.4 is 0 Å². The normalized spacial score (nSPS) is 10.4. The first-order valence-corrected chi connectivity index (χ1v) is 4.40. The number of carboxylic acids is 1. The zero-order chi connectivity index (χ0) is 10.1. The van der Waals surface area contributed by atoms with Gasteiger partial charge >= 0.3 is 0 Å². The van der Waals surface area contributed by atoms with Crippen molar-refractivity contribution in [1.82, 2.24) is 0 Å². The molecule has 5 rings (SSSR count). The maximum Gasteiger partial charge on any atom is 0.300 e. The van der Waals surface area contributed by atoms with Crippen LogP contribution in [0.4, 0.5) is 0 Å². The van der Waals surface area contributed by atoms with Crippen molar-refractivity contribution in [2.24, 2.45) is 0 Å². The Hall–Kier alpha value is -1.83. The van der Waals surface area contributed by atoms with Crippen molar-refractivity contribution in [3.63, 3.8) is 0 Å². The molecule has 2 heteroatoms. The smallest absolute Gasteiger partial charge is 0.300 e. The number of carbonyl (C=O) groups is 1. The van der Waals surface area contributed by atoms with E-state index >= 15 is 0 Å². The molecule has 0 aliphatic carbocycles. The summed E-state index contributed by atoms with van der Waals surface area (Å²) in [6, 6.07) is 13.2. The average molecular weight is 186 g/mol. The van der Waals surface area contributed by atoms with Crippen molar-refractivity contribution in [1.29, 1.82) is 0 Å². The van der Waals surface area contributed by atoms with Gasteiger partial charge in [0.2, 0.25) is 0 Å². The zero-order valence-corrected chi connectivity index (χ0v) is 7.82. The molecule has 0 aliphatic heterocycles. The molecule has 0 unspecified atom stereocenters. The summed E-state index contributed by atoms with van der Waals surface area (Å²) in [5, 5.41) is 12.9. The van der Waals surface area contributed by atoms with Crippen LogP contribution in [0.15, 0.2) is 36.4 Å². The van der Waals surface area contributed by atoms with Gasteiger partial charge in [0, 0.05) is 6.92 Å². The fraction of sp³-hybridized carbons (Fsp3) is 0.0833. The Balaban J connectivity index is 0.000000165. The van der Waals surface area contributed by atoms with E-state index in [1.54, 1.807) is 0 Å². The highest BCUT2D eigenvalue weighted by Gasteiger charge is 2.00. The van der Waals surface area contributed by atoms with Crippen LogP contribution in [0.5, 0.6) is 0 Å². The fourth-order valence-corrected chi connectivity index (χ4v) is 1.60. The van der Waals surface area contributed by atoms with E-state index in [0.717, 1.165) is 6.92 Å². The molecule has 0 saturated heterocycles. The zero-order valence-electron chi connectivity index (χ0n) is 7.82. The summed E-state index contributed by atoms with van der Waals surface area (Å²) < 4.78 is 0. The molecule has 0 saturated carbocycles. The second kappa shape index (κ2) is 3.14. The maximum atomic E-state index is 9.00. The lowest BCUT2D eigenvalue weighted by molar-refractivity contribution is -0.134. The summed E-state index contributed by atoms with van der Waals surface area (Å²) in [6.45, 7) is 1.08. The van der Waals surface area contributed by atoms with Gasteiger partial charge in [-0.25, -0.2) is 0 Å². The maximum absolute atomic E-state index is 9.00. The molecule has 5 aromatic carbocycles. The third kappa shape index (κ3) is 1.46. The standard InChI is InChI=1S/C10H6.C2H4O2/c1-2-8-6-9-3-4-10(8)5-7(1)9;1-2(3)4/h1-6H;1H3,(H,3,4). The van der Waals surface area contributed by atoms with Crippen molar-refractivity contribution in [3.8, 4) is 0 Å². The number of fused-ring (bicyclic) bond motifs is 2. The van der Waals surface area contributed by atoms with Gasteiger partial charge in [0.1, 0.15) is 0 Å². The van der Waals surface area contributed by atoms with Gasteiger partial charge in [0.05, 0.1) is 0 Å². The van der Waals surface area contributed by atoms with E-state index < -0.39 is 5.97 Å². The van der Waals surface area contributed by atoms with E-state index in [9.17, 15) is 0 Å². The van der Waals surface area contributed by atoms with E-state index in [1.165, 1.54) is 21.5 Å². The predicted molar refractivity (Wildman–Crippen MR) is 57.1 cm³/mol. The first kappa shape index (κ1) is 8.75. The predicted octanol–water partition coefficient (Wildman–Crippen LogP) is 2.96. The van der Waals surface area contributed by atoms with Crippen LogP contribution in [-0.4, -0.2) is 11.1 Å². The van der Waals surface area contributed by atoms with Gasteiger partial charge < -0.3 is 5.11 Å². The summed E-state index contributed by atoms with van der Waals surface area (Å²) in [5.41, 5.74) is 0. The molecule has 4 bridgehead atoms. The first-order valence-electron chi connectivity index (χ1n) is 4.40. The number of rotatable bonds is 0. The molecule has 0 spiro atoms. The highest BCUT2D eigenvalue weighted by Crippen LogP contribution is 2.27. The molecular weight excluding hydrogens is 176 g/mol. The van der Waals surface area contributed by atoms with Crippen LogP contribution in [0.3, 0.4) is 0 Å². The van der Waals surface area contributed by atoms with E-state index in [-0.39, 0.29) is 0 Å². The molecule has 0 radical (unpaired) electrons. The van der Waals surface area contributed by atoms with Gasteiger partial charge in [-0.05, 0) is 33.7 Å². The van der Waals surface area contributed by atoms with Crippen LogP contribution in [0.2, 0.25) is 0 Å². The highest BCUT2D eigenvalue weighted by molar-refractivity contribution is 6.03. The quantitative estimate of drug-likeness (QED) is 0.586. The van der Waals surface area contributed by atoms with Crippen molar-refractivity contribution in [3.05, 3.63) is 36.4 Å². The molecule has 0 amide bonds. The Kier molecular flexibility index (Phi) is 1.97. The minimum absolute atomic E-state index is 0.833. The van der Waals surface area contributed by atoms with Gasteiger partial charge in [-0.15, -0.1) is 0 Å². The molecule has 70 valence electrons. The molecule has 14 heavy (non-hydrogen) atoms. The lowest BCUT2D eigenvalue weighted by Crippen LogP contribution is -1.79. The molecule has 0 aliphatic rings. The Morgan fingerprint density at radius 1 is 0.929 bits per heavy atom. The average Bonchev–Trinajstić information content (AvgIpc) is 2.17. The van der Waals surface area contributed by atoms with Crippen molar-refractivity contribution < 1.29 is 9.90 Å². The van der Waals surface area contributed by atoms with Crippen LogP contribution >= 0.6 is 0 Å². The van der Waals surface area contributed by atoms with Gasteiger partial charge in [-0.1, -0.05) is 24.3 Å². The lowest BCUT2D eigenvalue weighted by Gasteiger charge is -2.06. The Labute approximate surface area is 81.4 Å². The molecule has 2 nitrogen and oxygen atoms in total. The second-order valence-electron chi connectivity index (χ2n) is 3.30. The van der Waals surface area contributed by atoms with Crippen LogP contribution in [0.1, 0.15) is 6.92 Å². The van der Waals surface area contributed by atoms with Crippen molar-refractivity contribution in [2.75, 3.05) is 0 Å². The van der Waals surface area contributed by atoms with Gasteiger partial charge in [-0.3, -0.25) is 4.79 Å². The number of hydrogen-bond donors (Lipinski definition) is 1. The lowest BCUT2D eigenvalue weighted by atomic mass is 9.99. The monoisotopic (exact) mass is 186 g/mol. The Bertz CT molecular complexity index is 454. The molecule has 1 N–H and O–H groups in total. The first-order chi connectivity index (χ1) is 6.66. The fourth-order valence-electron chi connectivity index (χ4n) is 1.60. The van der Waals surface area contributed by atoms with Gasteiger partial charge in [-0.2, -0.15) is 0 Å². The minimum atomic E-state index is -0.833. The number of carboxylic acid groups (broad SMARTS) is 1. The van der Waals surface area contributed by atoms with Crippen LogP contribution in [0, 0.1) is 0 Å². The highest BCUT2D eigenvalue weighted by atomic mass is 16.4. The summed E-state index contributed by atoms with van der Waals surface area (Å²) >= 11 is 0. The Morgan fingerprint density at radius 2 is 1.14 bits per heavy atom. The van der Waals surface area contributed by atoms with Crippen molar-refractivity contribution in [2.45, 2.75) is 6.92 Å². The van der Waals surface area contributed by atoms with Crippen molar-refractivity contribution >= 4 is 27.5 Å². The van der Waals surface area contributed by atoms with E-state index in [0.29, 0.717) is 0 Å². The summed E-state index contributed by atoms with van der Waals surface area (Å²) in [7, 11) is 0. The molecule has 0 fully saturated rings. The molecule has 0 aromatic heterocycles. The second-order valence-corrected chi connectivity index (χ2v) is 3.30. The van der Waals surface area contributed by atoms with Crippen LogP contribution in [0.25, 0.3) is 21.5 Å². The van der Waals surface area contributed by atoms with E-state index in [2.05, 4.69) is 36.4 Å². The molecule has 0 heterocycles. The van der Waals surface area contributed by atoms with E-state index in [4.69, 9.17) is 9.90 Å². The number of aliphatic carboxylic acids is 1. The minimum Gasteiger partial charge on any atom is -0.481 e. The topological polar surface area (TPSA) is 37.3 Å². The van der Waals surface area contributed by atoms with Gasteiger partial charge in [0.25, 0.3) is 5.97 Å². The Morgan fingerprint density at radius 3 is 1.29 bits per heavy atom. The summed E-state index contributed by atoms with van der Waals surface area (Å²) in [5.74, 6) is -0.833. The molecule has 5 aromatic rings. The van der Waals surface area contributed by atoms with E-state index in [1.807, 2.05) is 0 Å². The largest absolute Gasteiger partial charge is 0.481 e. The summed E-state index contributed by atoms with van der Waals surface area (Å²) in [4.78, 5) is 9.00. The molecular formula is C12H10O2. The SMILES string of the molecule is CC(=O)O.c1cc2cc3ccc2cc13. The third-order valence-electron chi connectivity index (χ3n) is 2.17.